The van der Waals surface area contributed by atoms with E-state index in [-0.39, 0.29) is 51.1 Å². The topological polar surface area (TPSA) is 156 Å². The van der Waals surface area contributed by atoms with Gasteiger partial charge < -0.3 is 39.4 Å². The lowest BCUT2D eigenvalue weighted by Crippen LogP contribution is -2.70. The molecular formula is C40H43N3O10. The second kappa shape index (κ2) is 14.7. The second-order valence-corrected chi connectivity index (χ2v) is 14.0. The van der Waals surface area contributed by atoms with Crippen LogP contribution in [0.4, 0.5) is 0 Å². The number of likely N-dealkylation sites (tertiary alicyclic amines) is 1. The number of benzene rings is 3. The SMILES string of the molecule is O=C(NCCO)C1CCCN1C(=O)C12CC3OC(=O)C1N(Cc1ccccc1C=COCCO)OC2C1OC(c2ccccc2)(c2ccccc2)OC31. The van der Waals surface area contributed by atoms with E-state index in [4.69, 9.17) is 28.9 Å². The number of esters is 1. The average Bonchev–Trinajstić information content (AvgIpc) is 3.93. The van der Waals surface area contributed by atoms with Gasteiger partial charge >= 0.3 is 5.97 Å². The van der Waals surface area contributed by atoms with Crippen molar-refractivity contribution in [2.75, 3.05) is 32.9 Å². The highest BCUT2D eigenvalue weighted by Crippen LogP contribution is 2.60. The van der Waals surface area contributed by atoms with Crippen molar-refractivity contribution in [3.05, 3.63) is 113 Å². The van der Waals surface area contributed by atoms with Crippen LogP contribution >= 0.6 is 0 Å². The average molecular weight is 726 g/mol. The Morgan fingerprint density at radius 1 is 0.925 bits per heavy atom. The summed E-state index contributed by atoms with van der Waals surface area (Å²) >= 11 is 0. The first-order chi connectivity index (χ1) is 25.9. The Kier molecular flexibility index (Phi) is 9.79. The minimum atomic E-state index is -1.48. The number of hydrogen-bond donors (Lipinski definition) is 3. The summed E-state index contributed by atoms with van der Waals surface area (Å²) in [6.07, 6.45) is 0.945. The van der Waals surface area contributed by atoms with Crippen molar-refractivity contribution < 1.29 is 48.4 Å². The van der Waals surface area contributed by atoms with Gasteiger partial charge in [0.2, 0.25) is 17.6 Å². The standard InChI is InChI=1S/C40H43N3O10/c44-20-18-41-36(46)30-16-9-19-42(30)38(48)39-24-31-32-33(52-40(51-32,28-12-3-1-4-13-28)29-14-5-2-6-15-29)35(39)53-43(34(39)37(47)50-31)25-27-11-8-7-10-26(27)17-22-49-23-21-45/h1-8,10-15,17,22,30-35,44-45H,9,16,18-21,23-25H2,(H,41,46). The van der Waals surface area contributed by atoms with E-state index in [1.165, 1.54) is 11.3 Å². The first kappa shape index (κ1) is 35.4. The number of hydroxylamine groups is 2. The summed E-state index contributed by atoms with van der Waals surface area (Å²) in [5.74, 6) is -2.74. The van der Waals surface area contributed by atoms with Crippen LogP contribution in [0.15, 0.2) is 91.2 Å². The molecule has 2 bridgehead atoms. The van der Waals surface area contributed by atoms with Crippen LogP contribution in [0.25, 0.3) is 6.08 Å². The number of carbonyl (C=O) groups excluding carboxylic acids is 3. The molecule has 2 amide bonds. The van der Waals surface area contributed by atoms with Gasteiger partial charge in [0.05, 0.1) is 26.0 Å². The molecule has 8 rings (SSSR count). The van der Waals surface area contributed by atoms with Crippen LogP contribution in [-0.2, 0) is 50.5 Å². The molecule has 3 N–H and O–H groups in total. The van der Waals surface area contributed by atoms with Crippen LogP contribution < -0.4 is 5.32 Å². The highest BCUT2D eigenvalue weighted by atomic mass is 16.8. The number of nitrogens with one attached hydrogen (secondary N) is 1. The predicted molar refractivity (Wildman–Crippen MR) is 188 cm³/mol. The van der Waals surface area contributed by atoms with Gasteiger partial charge in [0.25, 0.3) is 0 Å². The fourth-order valence-corrected chi connectivity index (χ4v) is 8.77. The molecule has 13 heteroatoms. The Morgan fingerprint density at radius 3 is 2.34 bits per heavy atom. The van der Waals surface area contributed by atoms with Crippen molar-refractivity contribution in [2.24, 2.45) is 5.41 Å². The predicted octanol–water partition coefficient (Wildman–Crippen LogP) is 2.25. The molecule has 0 spiro atoms. The van der Waals surface area contributed by atoms with E-state index < -0.39 is 53.7 Å². The number of nitrogens with zero attached hydrogens (tertiary/aromatic N) is 2. The van der Waals surface area contributed by atoms with E-state index in [1.807, 2.05) is 84.9 Å². The summed E-state index contributed by atoms with van der Waals surface area (Å²) in [4.78, 5) is 51.5. The van der Waals surface area contributed by atoms with Crippen LogP contribution in [-0.4, -0.2) is 107 Å². The summed E-state index contributed by atoms with van der Waals surface area (Å²) < 4.78 is 25.6. The van der Waals surface area contributed by atoms with E-state index in [0.717, 1.165) is 22.3 Å². The van der Waals surface area contributed by atoms with Crippen molar-refractivity contribution in [3.8, 4) is 0 Å². The van der Waals surface area contributed by atoms with Gasteiger partial charge in [-0.05, 0) is 30.0 Å². The number of amides is 2. The van der Waals surface area contributed by atoms with Crippen LogP contribution in [0.3, 0.4) is 0 Å². The fraction of sp³-hybridized carbons (Fsp3) is 0.425. The maximum atomic E-state index is 15.3. The molecule has 1 aliphatic carbocycles. The highest BCUT2D eigenvalue weighted by molar-refractivity contribution is 5.96. The van der Waals surface area contributed by atoms with E-state index in [2.05, 4.69) is 5.32 Å². The third-order valence-corrected chi connectivity index (χ3v) is 11.0. The van der Waals surface area contributed by atoms with Gasteiger partial charge in [-0.15, -0.1) is 0 Å². The monoisotopic (exact) mass is 725 g/mol. The Balaban J connectivity index is 1.22. The van der Waals surface area contributed by atoms with E-state index in [0.29, 0.717) is 19.4 Å². The largest absolute Gasteiger partial charge is 0.499 e. The maximum Gasteiger partial charge on any atom is 0.327 e. The fourth-order valence-electron chi connectivity index (χ4n) is 8.77. The van der Waals surface area contributed by atoms with Crippen molar-refractivity contribution >= 4 is 23.9 Å². The maximum absolute atomic E-state index is 15.3. The van der Waals surface area contributed by atoms with Gasteiger partial charge in [-0.2, -0.15) is 5.06 Å². The van der Waals surface area contributed by atoms with Gasteiger partial charge in [-0.25, -0.2) is 0 Å². The summed E-state index contributed by atoms with van der Waals surface area (Å²) in [6, 6.07) is 24.7. The first-order valence-electron chi connectivity index (χ1n) is 18.2. The van der Waals surface area contributed by atoms with Gasteiger partial charge in [0, 0.05) is 30.6 Å². The summed E-state index contributed by atoms with van der Waals surface area (Å²) in [5.41, 5.74) is 1.56. The molecule has 53 heavy (non-hydrogen) atoms. The second-order valence-electron chi connectivity index (χ2n) is 14.0. The smallest absolute Gasteiger partial charge is 0.327 e. The molecule has 0 aromatic heterocycles. The Hall–Kier alpha value is -4.63. The molecule has 1 saturated carbocycles. The molecule has 4 heterocycles. The summed E-state index contributed by atoms with van der Waals surface area (Å²) in [5, 5.41) is 22.8. The Bertz CT molecular complexity index is 1800. The minimum absolute atomic E-state index is 0.0634. The van der Waals surface area contributed by atoms with Crippen LogP contribution in [0, 0.1) is 5.41 Å². The van der Waals surface area contributed by atoms with Gasteiger partial charge in [-0.3, -0.25) is 19.2 Å². The Morgan fingerprint density at radius 2 is 1.62 bits per heavy atom. The van der Waals surface area contributed by atoms with E-state index in [1.54, 1.807) is 11.0 Å². The first-order valence-corrected chi connectivity index (χ1v) is 18.2. The molecule has 7 atom stereocenters. The Labute approximate surface area is 307 Å². The molecule has 13 nitrogen and oxygen atoms in total. The number of rotatable bonds is 12. The zero-order valence-electron chi connectivity index (χ0n) is 29.1. The normalized spacial score (nSPS) is 29.9. The number of hydrogen-bond acceptors (Lipinski definition) is 11. The molecule has 278 valence electrons. The van der Waals surface area contributed by atoms with Crippen molar-refractivity contribution in [1.82, 2.24) is 15.3 Å². The van der Waals surface area contributed by atoms with Crippen molar-refractivity contribution in [1.29, 1.82) is 0 Å². The van der Waals surface area contributed by atoms with Crippen molar-refractivity contribution in [2.45, 2.75) is 68.1 Å². The third-order valence-electron chi connectivity index (χ3n) is 11.0. The van der Waals surface area contributed by atoms with Gasteiger partial charge in [0.15, 0.2) is 6.04 Å². The molecule has 3 aromatic carbocycles. The summed E-state index contributed by atoms with van der Waals surface area (Å²) in [7, 11) is 0. The van der Waals surface area contributed by atoms with E-state index >= 15 is 4.79 Å². The number of ether oxygens (including phenoxy) is 4. The van der Waals surface area contributed by atoms with Crippen LogP contribution in [0.1, 0.15) is 41.5 Å². The number of aliphatic hydroxyl groups excluding tert-OH is 2. The molecular weight excluding hydrogens is 682 g/mol. The zero-order chi connectivity index (χ0) is 36.6. The lowest BCUT2D eigenvalue weighted by Gasteiger charge is -2.50. The molecule has 5 fully saturated rings. The zero-order valence-corrected chi connectivity index (χ0v) is 29.1. The lowest BCUT2D eigenvalue weighted by molar-refractivity contribution is -0.214. The highest BCUT2D eigenvalue weighted by Gasteiger charge is 2.77. The minimum Gasteiger partial charge on any atom is -0.499 e. The summed E-state index contributed by atoms with van der Waals surface area (Å²) in [6.45, 7) is 0.281. The lowest BCUT2D eigenvalue weighted by atomic mass is 9.62. The molecule has 5 aliphatic rings. The van der Waals surface area contributed by atoms with E-state index in [9.17, 15) is 14.7 Å². The quantitative estimate of drug-likeness (QED) is 0.143. The number of carbonyl (C=O) groups is 3. The van der Waals surface area contributed by atoms with Crippen molar-refractivity contribution in [3.63, 3.8) is 0 Å². The molecule has 7 unspecified atom stereocenters. The number of aliphatic hydroxyl groups is 2. The molecule has 3 aromatic rings. The third kappa shape index (κ3) is 6.01. The van der Waals surface area contributed by atoms with Gasteiger partial charge in [-0.1, -0.05) is 84.9 Å². The molecule has 0 radical (unpaired) electrons. The molecule has 4 saturated heterocycles. The number of fused-ring (bicyclic) bond motifs is 4. The van der Waals surface area contributed by atoms with Gasteiger partial charge in [0.1, 0.15) is 42.5 Å². The molecule has 4 aliphatic heterocycles. The van der Waals surface area contributed by atoms with Crippen LogP contribution in [0.5, 0.6) is 0 Å². The van der Waals surface area contributed by atoms with Crippen LogP contribution in [0.2, 0.25) is 0 Å².